The van der Waals surface area contributed by atoms with E-state index in [4.69, 9.17) is 17.0 Å². The Bertz CT molecular complexity index is 268. The van der Waals surface area contributed by atoms with Crippen LogP contribution < -0.4 is 10.6 Å². The van der Waals surface area contributed by atoms with Gasteiger partial charge in [-0.05, 0) is 25.1 Å². The van der Waals surface area contributed by atoms with Crippen LogP contribution in [0.1, 0.15) is 33.6 Å². The minimum atomic E-state index is -0.421. The molecule has 0 aromatic heterocycles. The molecule has 0 unspecified atom stereocenters. The first-order valence-electron chi connectivity index (χ1n) is 5.60. The quantitative estimate of drug-likeness (QED) is 0.717. The van der Waals surface area contributed by atoms with Crippen molar-refractivity contribution in [3.63, 3.8) is 0 Å². The fraction of sp³-hybridized carbons (Fsp3) is 0.818. The first kappa shape index (κ1) is 13.4. The zero-order valence-electron chi connectivity index (χ0n) is 10.1. The van der Waals surface area contributed by atoms with E-state index in [0.29, 0.717) is 11.7 Å². The van der Waals surface area contributed by atoms with E-state index in [1.165, 1.54) is 0 Å². The molecule has 0 aromatic rings. The average molecular weight is 244 g/mol. The minimum absolute atomic E-state index is 0.0719. The number of amides is 1. The highest BCUT2D eigenvalue weighted by Crippen LogP contribution is 2.12. The van der Waals surface area contributed by atoms with Gasteiger partial charge in [-0.15, -0.1) is 0 Å². The zero-order chi connectivity index (χ0) is 12.2. The summed E-state index contributed by atoms with van der Waals surface area (Å²) in [5, 5.41) is 6.06. The van der Waals surface area contributed by atoms with Gasteiger partial charge in [-0.2, -0.15) is 0 Å². The van der Waals surface area contributed by atoms with Gasteiger partial charge < -0.3 is 15.4 Å². The van der Waals surface area contributed by atoms with Crippen LogP contribution in [-0.2, 0) is 9.53 Å². The van der Waals surface area contributed by atoms with Crippen molar-refractivity contribution in [3.8, 4) is 0 Å². The van der Waals surface area contributed by atoms with Crippen LogP contribution >= 0.6 is 12.2 Å². The maximum Gasteiger partial charge on any atom is 0.231 e. The van der Waals surface area contributed by atoms with Crippen LogP contribution in [0.15, 0.2) is 0 Å². The number of thiocarbonyl (C=S) groups is 1. The van der Waals surface area contributed by atoms with E-state index in [-0.39, 0.29) is 12.0 Å². The normalized spacial score (nSPS) is 20.6. The van der Waals surface area contributed by atoms with Crippen molar-refractivity contribution >= 4 is 23.2 Å². The second kappa shape index (κ2) is 5.59. The van der Waals surface area contributed by atoms with Crippen LogP contribution in [0.5, 0.6) is 0 Å². The van der Waals surface area contributed by atoms with E-state index in [1.807, 2.05) is 20.8 Å². The van der Waals surface area contributed by atoms with Crippen LogP contribution in [0.25, 0.3) is 0 Å². The van der Waals surface area contributed by atoms with Crippen molar-refractivity contribution in [1.29, 1.82) is 0 Å². The molecular formula is C11H20N2O2S. The van der Waals surface area contributed by atoms with E-state index in [1.54, 1.807) is 0 Å². The van der Waals surface area contributed by atoms with Crippen LogP contribution in [0.4, 0.5) is 0 Å². The van der Waals surface area contributed by atoms with Crippen molar-refractivity contribution in [1.82, 2.24) is 10.6 Å². The number of hydrogen-bond donors (Lipinski definition) is 2. The summed E-state index contributed by atoms with van der Waals surface area (Å²) >= 11 is 5.04. The molecular weight excluding hydrogens is 224 g/mol. The topological polar surface area (TPSA) is 50.4 Å². The molecule has 1 aliphatic heterocycles. The molecule has 1 atom stereocenters. The SMILES string of the molecule is CC(C)(C)C(=O)NC(=S)NC[C@@H]1CCCO1. The number of nitrogens with one attached hydrogen (secondary N) is 2. The number of rotatable bonds is 2. The Labute approximate surface area is 102 Å². The third-order valence-electron chi connectivity index (χ3n) is 2.42. The van der Waals surface area contributed by atoms with Crippen LogP contribution in [0.3, 0.4) is 0 Å². The van der Waals surface area contributed by atoms with E-state index in [0.717, 1.165) is 19.4 Å². The molecule has 1 heterocycles. The Balaban J connectivity index is 2.22. The number of carbonyl (C=O) groups excluding carboxylic acids is 1. The van der Waals surface area contributed by atoms with Crippen molar-refractivity contribution in [2.24, 2.45) is 5.41 Å². The lowest BCUT2D eigenvalue weighted by Gasteiger charge is -2.19. The molecule has 4 nitrogen and oxygen atoms in total. The molecule has 1 rings (SSSR count). The predicted molar refractivity (Wildman–Crippen MR) is 67.2 cm³/mol. The van der Waals surface area contributed by atoms with E-state index >= 15 is 0 Å². The highest BCUT2D eigenvalue weighted by atomic mass is 32.1. The molecule has 1 amide bonds. The van der Waals surface area contributed by atoms with Gasteiger partial charge in [0.1, 0.15) is 0 Å². The van der Waals surface area contributed by atoms with Gasteiger partial charge in [0.2, 0.25) is 5.91 Å². The third-order valence-corrected chi connectivity index (χ3v) is 2.67. The second-order valence-electron chi connectivity index (χ2n) is 5.05. The smallest absolute Gasteiger partial charge is 0.231 e. The van der Waals surface area contributed by atoms with Gasteiger partial charge in [0.05, 0.1) is 6.10 Å². The molecule has 1 fully saturated rings. The molecule has 1 aliphatic rings. The number of ether oxygens (including phenoxy) is 1. The third kappa shape index (κ3) is 4.45. The van der Waals surface area contributed by atoms with Gasteiger partial charge in [-0.3, -0.25) is 4.79 Å². The molecule has 0 spiro atoms. The van der Waals surface area contributed by atoms with Gasteiger partial charge in [-0.1, -0.05) is 20.8 Å². The molecule has 2 N–H and O–H groups in total. The van der Waals surface area contributed by atoms with Crippen LogP contribution in [-0.4, -0.2) is 30.3 Å². The summed E-state index contributed by atoms with van der Waals surface area (Å²) in [7, 11) is 0. The molecule has 16 heavy (non-hydrogen) atoms. The molecule has 5 heteroatoms. The van der Waals surface area contributed by atoms with Gasteiger partial charge in [0.25, 0.3) is 0 Å². The van der Waals surface area contributed by atoms with E-state index in [9.17, 15) is 4.79 Å². The van der Waals surface area contributed by atoms with Gasteiger partial charge in [-0.25, -0.2) is 0 Å². The van der Waals surface area contributed by atoms with Crippen molar-refractivity contribution in [3.05, 3.63) is 0 Å². The molecule has 1 saturated heterocycles. The fourth-order valence-electron chi connectivity index (χ4n) is 1.35. The van der Waals surface area contributed by atoms with Crippen molar-refractivity contribution in [2.45, 2.75) is 39.7 Å². The summed E-state index contributed by atoms with van der Waals surface area (Å²) in [6.07, 6.45) is 2.39. The fourth-order valence-corrected chi connectivity index (χ4v) is 1.52. The zero-order valence-corrected chi connectivity index (χ0v) is 10.9. The first-order chi connectivity index (χ1) is 7.39. The lowest BCUT2D eigenvalue weighted by molar-refractivity contribution is -0.126. The minimum Gasteiger partial charge on any atom is -0.376 e. The summed E-state index contributed by atoms with van der Waals surface area (Å²) in [5.41, 5.74) is -0.421. The highest BCUT2D eigenvalue weighted by Gasteiger charge is 2.22. The first-order valence-corrected chi connectivity index (χ1v) is 6.01. The average Bonchev–Trinajstić information content (AvgIpc) is 2.65. The van der Waals surface area contributed by atoms with E-state index in [2.05, 4.69) is 10.6 Å². The predicted octanol–water partition coefficient (Wildman–Crippen LogP) is 1.20. The molecule has 92 valence electrons. The summed E-state index contributed by atoms with van der Waals surface area (Å²) in [5.74, 6) is -0.0719. The molecule has 0 saturated carbocycles. The second-order valence-corrected chi connectivity index (χ2v) is 5.46. The number of hydrogen-bond acceptors (Lipinski definition) is 3. The summed E-state index contributed by atoms with van der Waals surface area (Å²) in [4.78, 5) is 11.6. The number of carbonyl (C=O) groups is 1. The Morgan fingerprint density at radius 3 is 2.69 bits per heavy atom. The lowest BCUT2D eigenvalue weighted by Crippen LogP contribution is -2.46. The Hall–Kier alpha value is -0.680. The largest absolute Gasteiger partial charge is 0.376 e. The van der Waals surface area contributed by atoms with Gasteiger partial charge in [0, 0.05) is 18.6 Å². The Morgan fingerprint density at radius 2 is 2.19 bits per heavy atom. The lowest BCUT2D eigenvalue weighted by atomic mass is 9.96. The van der Waals surface area contributed by atoms with Crippen LogP contribution in [0.2, 0.25) is 0 Å². The summed E-state index contributed by atoms with van der Waals surface area (Å²) in [6.45, 7) is 7.05. The van der Waals surface area contributed by atoms with Crippen molar-refractivity contribution < 1.29 is 9.53 Å². The van der Waals surface area contributed by atoms with Gasteiger partial charge >= 0.3 is 0 Å². The standard InChI is InChI=1S/C11H20N2O2S/c1-11(2,3)9(14)13-10(16)12-7-8-5-4-6-15-8/h8H,4-7H2,1-3H3,(H2,12,13,14,16)/t8-/m0/s1. The van der Waals surface area contributed by atoms with Gasteiger partial charge in [0.15, 0.2) is 5.11 Å². The molecule has 0 aliphatic carbocycles. The highest BCUT2D eigenvalue weighted by molar-refractivity contribution is 7.80. The summed E-state index contributed by atoms with van der Waals surface area (Å²) < 4.78 is 5.44. The molecule has 0 bridgehead atoms. The monoisotopic (exact) mass is 244 g/mol. The Kier molecular flexibility index (Phi) is 4.68. The maximum atomic E-state index is 11.6. The van der Waals surface area contributed by atoms with Crippen molar-refractivity contribution in [2.75, 3.05) is 13.2 Å². The molecule has 0 aromatic carbocycles. The maximum absolute atomic E-state index is 11.6. The van der Waals surface area contributed by atoms with E-state index < -0.39 is 5.41 Å². The summed E-state index contributed by atoms with van der Waals surface area (Å²) in [6, 6.07) is 0. The molecule has 0 radical (unpaired) electrons. The van der Waals surface area contributed by atoms with Crippen LogP contribution in [0, 0.1) is 5.41 Å². The Morgan fingerprint density at radius 1 is 1.50 bits per heavy atom.